The highest BCUT2D eigenvalue weighted by Crippen LogP contribution is 2.32. The molecule has 2 aromatic heterocycles. The van der Waals surface area contributed by atoms with E-state index < -0.39 is 12.1 Å². The van der Waals surface area contributed by atoms with E-state index in [2.05, 4.69) is 15.1 Å². The molecule has 9 nitrogen and oxygen atoms in total. The molecule has 1 N–H and O–H groups in total. The second-order valence-electron chi connectivity index (χ2n) is 6.19. The van der Waals surface area contributed by atoms with Crippen molar-refractivity contribution in [2.45, 2.75) is 20.0 Å². The number of methoxy groups -OCH3 is 2. The molecular formula is C20H21ClN4O5. The molecule has 1 aromatic carbocycles. The van der Waals surface area contributed by atoms with Crippen LogP contribution in [0.15, 0.2) is 30.5 Å². The normalized spacial score (nSPS) is 11.8. The van der Waals surface area contributed by atoms with Gasteiger partial charge in [-0.2, -0.15) is 10.1 Å². The van der Waals surface area contributed by atoms with E-state index in [0.29, 0.717) is 27.5 Å². The molecule has 0 fully saturated rings. The van der Waals surface area contributed by atoms with Crippen molar-refractivity contribution < 1.29 is 24.1 Å². The second kappa shape index (κ2) is 9.10. The number of hydrogen-bond acceptors (Lipinski definition) is 8. The molecule has 3 aromatic rings. The Morgan fingerprint density at radius 2 is 1.93 bits per heavy atom. The summed E-state index contributed by atoms with van der Waals surface area (Å²) in [6.07, 6.45) is 0.318. The van der Waals surface area contributed by atoms with Crippen molar-refractivity contribution in [3.63, 3.8) is 0 Å². The number of aliphatic hydroxyl groups is 1. The van der Waals surface area contributed by atoms with Gasteiger partial charge >= 0.3 is 12.0 Å². The molecule has 0 saturated heterocycles. The van der Waals surface area contributed by atoms with Crippen LogP contribution < -0.4 is 9.47 Å². The molecule has 0 aliphatic rings. The number of carbonyl (C=O) groups excluding carboxylic acids is 1. The number of aliphatic hydroxyl groups excluding tert-OH is 1. The van der Waals surface area contributed by atoms with E-state index in [1.54, 1.807) is 38.1 Å². The van der Waals surface area contributed by atoms with Gasteiger partial charge in [-0.05, 0) is 31.5 Å². The first-order chi connectivity index (χ1) is 14.4. The third-order valence-corrected chi connectivity index (χ3v) is 4.66. The summed E-state index contributed by atoms with van der Waals surface area (Å²) >= 11 is 5.95. The Balaban J connectivity index is 2.18. The van der Waals surface area contributed by atoms with Crippen molar-refractivity contribution in [3.8, 4) is 17.6 Å². The summed E-state index contributed by atoms with van der Waals surface area (Å²) in [6, 6.07) is 6.78. The molecule has 2 heterocycles. The summed E-state index contributed by atoms with van der Waals surface area (Å²) in [6.45, 7) is 3.57. The quantitative estimate of drug-likeness (QED) is 0.567. The SMILES string of the molecule is CCOC(=O)c1nn(-c2cnc(OC)nc2OC)c(C)c1C(O)c1ccc(Cl)cc1. The zero-order chi connectivity index (χ0) is 21.8. The fourth-order valence-electron chi connectivity index (χ4n) is 2.98. The number of aromatic nitrogens is 4. The molecule has 158 valence electrons. The molecule has 0 bridgehead atoms. The average Bonchev–Trinajstić information content (AvgIpc) is 3.10. The third-order valence-electron chi connectivity index (χ3n) is 4.41. The monoisotopic (exact) mass is 432 g/mol. The molecule has 0 aliphatic carbocycles. The van der Waals surface area contributed by atoms with E-state index in [-0.39, 0.29) is 24.2 Å². The number of nitrogens with zero attached hydrogens (tertiary/aromatic N) is 4. The molecule has 30 heavy (non-hydrogen) atoms. The van der Waals surface area contributed by atoms with Crippen molar-refractivity contribution >= 4 is 17.6 Å². The molecule has 1 atom stereocenters. The number of carbonyl (C=O) groups is 1. The minimum atomic E-state index is -1.14. The summed E-state index contributed by atoms with van der Waals surface area (Å²) in [5, 5.41) is 16.0. The smallest absolute Gasteiger partial charge is 0.359 e. The van der Waals surface area contributed by atoms with Crippen LogP contribution in [0, 0.1) is 6.92 Å². The van der Waals surface area contributed by atoms with Crippen LogP contribution in [0.2, 0.25) is 5.02 Å². The number of benzene rings is 1. The molecule has 0 aliphatic heterocycles. The lowest BCUT2D eigenvalue weighted by atomic mass is 9.99. The van der Waals surface area contributed by atoms with Gasteiger partial charge in [0.15, 0.2) is 5.69 Å². The molecule has 0 spiro atoms. The van der Waals surface area contributed by atoms with Gasteiger partial charge in [0, 0.05) is 16.3 Å². The molecule has 10 heteroatoms. The Hall–Kier alpha value is -3.17. The van der Waals surface area contributed by atoms with Crippen molar-refractivity contribution in [1.29, 1.82) is 0 Å². The number of halogens is 1. The van der Waals surface area contributed by atoms with E-state index in [9.17, 15) is 9.90 Å². The predicted octanol–water partition coefficient (Wildman–Crippen LogP) is 2.90. The Bertz CT molecular complexity index is 1050. The first-order valence-electron chi connectivity index (χ1n) is 9.06. The molecular weight excluding hydrogens is 412 g/mol. The van der Waals surface area contributed by atoms with E-state index in [1.807, 2.05) is 0 Å². The van der Waals surface area contributed by atoms with Crippen LogP contribution in [0.4, 0.5) is 0 Å². The maximum absolute atomic E-state index is 12.6. The van der Waals surface area contributed by atoms with Crippen LogP contribution in [-0.4, -0.2) is 51.7 Å². The van der Waals surface area contributed by atoms with Gasteiger partial charge in [0.25, 0.3) is 0 Å². The van der Waals surface area contributed by atoms with Gasteiger partial charge < -0.3 is 19.3 Å². The minimum Gasteiger partial charge on any atom is -0.479 e. The van der Waals surface area contributed by atoms with Gasteiger partial charge in [0.2, 0.25) is 5.88 Å². The van der Waals surface area contributed by atoms with Gasteiger partial charge in [0.05, 0.1) is 27.0 Å². The van der Waals surface area contributed by atoms with Crippen LogP contribution >= 0.6 is 11.6 Å². The van der Waals surface area contributed by atoms with Crippen LogP contribution in [0.3, 0.4) is 0 Å². The van der Waals surface area contributed by atoms with Crippen LogP contribution in [-0.2, 0) is 4.74 Å². The van der Waals surface area contributed by atoms with Crippen molar-refractivity contribution in [3.05, 3.63) is 58.0 Å². The van der Waals surface area contributed by atoms with Crippen molar-refractivity contribution in [2.24, 2.45) is 0 Å². The van der Waals surface area contributed by atoms with E-state index in [4.69, 9.17) is 25.8 Å². The lowest BCUT2D eigenvalue weighted by Gasteiger charge is -2.13. The van der Waals surface area contributed by atoms with Crippen LogP contribution in [0.25, 0.3) is 5.69 Å². The van der Waals surface area contributed by atoms with Crippen LogP contribution in [0.5, 0.6) is 11.9 Å². The van der Waals surface area contributed by atoms with E-state index in [0.717, 1.165) is 0 Å². The second-order valence-corrected chi connectivity index (χ2v) is 6.62. The van der Waals surface area contributed by atoms with Gasteiger partial charge in [-0.15, -0.1) is 0 Å². The highest BCUT2D eigenvalue weighted by atomic mass is 35.5. The fraction of sp³-hybridized carbons (Fsp3) is 0.300. The largest absolute Gasteiger partial charge is 0.479 e. The van der Waals surface area contributed by atoms with Gasteiger partial charge in [0.1, 0.15) is 11.8 Å². The summed E-state index contributed by atoms with van der Waals surface area (Å²) in [7, 11) is 2.88. The first kappa shape index (κ1) is 21.5. The van der Waals surface area contributed by atoms with Crippen molar-refractivity contribution in [1.82, 2.24) is 19.7 Å². The summed E-state index contributed by atoms with van der Waals surface area (Å²) in [4.78, 5) is 20.8. The zero-order valence-electron chi connectivity index (χ0n) is 16.9. The third kappa shape index (κ3) is 4.07. The molecule has 3 rings (SSSR count). The molecule has 0 amide bonds. The predicted molar refractivity (Wildman–Crippen MR) is 108 cm³/mol. The Morgan fingerprint density at radius 3 is 2.53 bits per heavy atom. The summed E-state index contributed by atoms with van der Waals surface area (Å²) in [5.74, 6) is -0.467. The van der Waals surface area contributed by atoms with Crippen LogP contribution in [0.1, 0.15) is 40.3 Å². The maximum Gasteiger partial charge on any atom is 0.359 e. The lowest BCUT2D eigenvalue weighted by molar-refractivity contribution is 0.0513. The molecule has 1 unspecified atom stereocenters. The highest BCUT2D eigenvalue weighted by Gasteiger charge is 2.29. The van der Waals surface area contributed by atoms with Gasteiger partial charge in [-0.25, -0.2) is 14.5 Å². The van der Waals surface area contributed by atoms with Gasteiger partial charge in [-0.3, -0.25) is 0 Å². The maximum atomic E-state index is 12.6. The minimum absolute atomic E-state index is 0.0188. The molecule has 0 saturated carbocycles. The Labute approximate surface area is 178 Å². The van der Waals surface area contributed by atoms with Gasteiger partial charge in [-0.1, -0.05) is 23.7 Å². The number of hydrogen-bond donors (Lipinski definition) is 1. The average molecular weight is 433 g/mol. The Kier molecular flexibility index (Phi) is 6.53. The first-order valence-corrected chi connectivity index (χ1v) is 9.44. The topological polar surface area (TPSA) is 109 Å². The highest BCUT2D eigenvalue weighted by molar-refractivity contribution is 6.30. The molecule has 0 radical (unpaired) electrons. The van der Waals surface area contributed by atoms with Crippen molar-refractivity contribution in [2.75, 3.05) is 20.8 Å². The number of esters is 1. The number of rotatable bonds is 7. The van der Waals surface area contributed by atoms with E-state index >= 15 is 0 Å². The summed E-state index contributed by atoms with van der Waals surface area (Å²) < 4.78 is 16.9. The number of ether oxygens (including phenoxy) is 3. The Morgan fingerprint density at radius 1 is 1.23 bits per heavy atom. The standard InChI is InChI=1S/C20H21ClN4O5/c1-5-30-19(27)16-15(17(26)12-6-8-13(21)9-7-12)11(2)25(24-16)14-10-22-20(29-4)23-18(14)28-3/h6-10,17,26H,5H2,1-4H3. The summed E-state index contributed by atoms with van der Waals surface area (Å²) in [5.41, 5.74) is 1.69. The van der Waals surface area contributed by atoms with E-state index in [1.165, 1.54) is 25.1 Å². The fourth-order valence-corrected chi connectivity index (χ4v) is 3.10. The zero-order valence-corrected chi connectivity index (χ0v) is 17.7. The lowest BCUT2D eigenvalue weighted by Crippen LogP contribution is -2.11.